The molecule has 0 aliphatic carbocycles. The van der Waals surface area contributed by atoms with Gasteiger partial charge in [0.25, 0.3) is 0 Å². The lowest BCUT2D eigenvalue weighted by Gasteiger charge is -2.32. The topological polar surface area (TPSA) is 85.1 Å². The van der Waals surface area contributed by atoms with Crippen LogP contribution in [0.4, 0.5) is 5.82 Å². The summed E-state index contributed by atoms with van der Waals surface area (Å²) in [5, 5.41) is 13.6. The number of hydrogen-bond donors (Lipinski definition) is 2. The number of fused-ring (bicyclic) bond motifs is 1. The number of nitrogens with zero attached hydrogens (tertiary/aromatic N) is 4. The van der Waals surface area contributed by atoms with Crippen molar-refractivity contribution < 1.29 is 9.84 Å². The van der Waals surface area contributed by atoms with Gasteiger partial charge in [0, 0.05) is 39.6 Å². The molecule has 0 bridgehead atoms. The van der Waals surface area contributed by atoms with Crippen LogP contribution in [0.15, 0.2) is 12.7 Å². The Kier molecular flexibility index (Phi) is 3.08. The summed E-state index contributed by atoms with van der Waals surface area (Å²) in [4.78, 5) is 12.6. The molecule has 3 rings (SSSR count). The smallest absolute Gasteiger partial charge is 0.165 e. The molecule has 1 saturated heterocycles. The number of imidazole rings is 1. The molecule has 2 aromatic heterocycles. The van der Waals surface area contributed by atoms with Gasteiger partial charge in [0.15, 0.2) is 11.5 Å². The van der Waals surface area contributed by atoms with Crippen molar-refractivity contribution in [2.75, 3.05) is 25.1 Å². The second-order valence-electron chi connectivity index (χ2n) is 4.94. The van der Waals surface area contributed by atoms with Crippen LogP contribution in [0.3, 0.4) is 0 Å². The molecule has 1 aliphatic heterocycles. The van der Waals surface area contributed by atoms with Gasteiger partial charge in [-0.25, -0.2) is 15.0 Å². The summed E-state index contributed by atoms with van der Waals surface area (Å²) in [5.41, 5.74) is 0.765. The van der Waals surface area contributed by atoms with Gasteiger partial charge in [0.05, 0.1) is 11.9 Å². The second-order valence-corrected chi connectivity index (χ2v) is 4.94. The molecule has 0 amide bonds. The van der Waals surface area contributed by atoms with Crippen molar-refractivity contribution in [1.29, 1.82) is 0 Å². The third-order valence-electron chi connectivity index (χ3n) is 3.51. The van der Waals surface area contributed by atoms with Crippen LogP contribution < -0.4 is 5.32 Å². The number of ether oxygens (including phenoxy) is 1. The van der Waals surface area contributed by atoms with E-state index in [-0.39, 0.29) is 0 Å². The Bertz CT molecular complexity index is 577. The summed E-state index contributed by atoms with van der Waals surface area (Å²) >= 11 is 0. The van der Waals surface area contributed by atoms with Crippen LogP contribution in [0.5, 0.6) is 0 Å². The van der Waals surface area contributed by atoms with E-state index in [2.05, 4.69) is 20.3 Å². The molecule has 3 heterocycles. The van der Waals surface area contributed by atoms with Crippen LogP contribution in [0.25, 0.3) is 11.2 Å². The normalized spacial score (nSPS) is 18.6. The first-order valence-electron chi connectivity index (χ1n) is 6.34. The van der Waals surface area contributed by atoms with Crippen molar-refractivity contribution in [3.05, 3.63) is 12.7 Å². The average molecular weight is 263 g/mol. The molecule has 0 atom stereocenters. The third kappa shape index (κ3) is 2.39. The first-order valence-corrected chi connectivity index (χ1v) is 6.34. The van der Waals surface area contributed by atoms with E-state index >= 15 is 0 Å². The molecular formula is C12H17N5O2. The highest BCUT2D eigenvalue weighted by Gasteiger charge is 2.29. The predicted molar refractivity (Wildman–Crippen MR) is 69.8 cm³/mol. The van der Waals surface area contributed by atoms with Crippen molar-refractivity contribution >= 4 is 17.0 Å². The maximum absolute atomic E-state index is 10.4. The minimum absolute atomic E-state index is 0.443. The van der Waals surface area contributed by atoms with Gasteiger partial charge in [0.1, 0.15) is 11.8 Å². The van der Waals surface area contributed by atoms with E-state index < -0.39 is 5.60 Å². The Hall–Kier alpha value is -1.73. The Balaban J connectivity index is 1.78. The summed E-state index contributed by atoms with van der Waals surface area (Å²) < 4.78 is 7.10. The van der Waals surface area contributed by atoms with E-state index in [1.54, 1.807) is 6.33 Å². The van der Waals surface area contributed by atoms with E-state index in [0.717, 1.165) is 11.2 Å². The summed E-state index contributed by atoms with van der Waals surface area (Å²) in [6.45, 7) is 1.64. The lowest BCUT2D eigenvalue weighted by atomic mass is 9.94. The molecule has 0 saturated carbocycles. The molecule has 0 spiro atoms. The zero-order chi connectivity index (χ0) is 13.3. The van der Waals surface area contributed by atoms with E-state index in [9.17, 15) is 5.11 Å². The highest BCUT2D eigenvalue weighted by Crippen LogP contribution is 2.22. The first-order chi connectivity index (χ1) is 9.18. The zero-order valence-electron chi connectivity index (χ0n) is 10.8. The van der Waals surface area contributed by atoms with Gasteiger partial charge < -0.3 is 19.7 Å². The van der Waals surface area contributed by atoms with Gasteiger partial charge in [-0.1, -0.05) is 0 Å². The fourth-order valence-corrected chi connectivity index (χ4v) is 2.25. The highest BCUT2D eigenvalue weighted by atomic mass is 16.5. The maximum atomic E-state index is 10.4. The van der Waals surface area contributed by atoms with E-state index in [0.29, 0.717) is 38.4 Å². The molecule has 7 heteroatoms. The Morgan fingerprint density at radius 3 is 2.95 bits per heavy atom. The number of anilines is 1. The van der Waals surface area contributed by atoms with Crippen LogP contribution in [0.2, 0.25) is 0 Å². The molecular weight excluding hydrogens is 246 g/mol. The predicted octanol–water partition coefficient (Wildman–Crippen LogP) is 0.317. The van der Waals surface area contributed by atoms with E-state index in [4.69, 9.17) is 4.74 Å². The zero-order valence-corrected chi connectivity index (χ0v) is 10.8. The number of rotatable bonds is 3. The molecule has 7 nitrogen and oxygen atoms in total. The van der Waals surface area contributed by atoms with Gasteiger partial charge in [-0.15, -0.1) is 0 Å². The first kappa shape index (κ1) is 12.3. The molecule has 1 fully saturated rings. The number of nitrogens with one attached hydrogen (secondary N) is 1. The summed E-state index contributed by atoms with van der Waals surface area (Å²) in [5.74, 6) is 0.658. The lowest BCUT2D eigenvalue weighted by molar-refractivity contribution is -0.0543. The minimum Gasteiger partial charge on any atom is -0.388 e. The molecule has 2 N–H and O–H groups in total. The minimum atomic E-state index is -0.732. The van der Waals surface area contributed by atoms with Crippen LogP contribution in [0, 0.1) is 0 Å². The van der Waals surface area contributed by atoms with Crippen LogP contribution in [0.1, 0.15) is 12.8 Å². The summed E-state index contributed by atoms with van der Waals surface area (Å²) in [7, 11) is 1.89. The molecule has 19 heavy (non-hydrogen) atoms. The Morgan fingerprint density at radius 1 is 1.37 bits per heavy atom. The molecule has 2 aromatic rings. The Labute approximate surface area is 110 Å². The van der Waals surface area contributed by atoms with Crippen LogP contribution >= 0.6 is 0 Å². The quantitative estimate of drug-likeness (QED) is 0.829. The number of aliphatic hydroxyl groups is 1. The van der Waals surface area contributed by atoms with Gasteiger partial charge in [-0.05, 0) is 0 Å². The van der Waals surface area contributed by atoms with Crippen LogP contribution in [-0.2, 0) is 11.8 Å². The second kappa shape index (κ2) is 4.75. The number of aryl methyl sites for hydroxylation is 1. The fourth-order valence-electron chi connectivity index (χ4n) is 2.25. The Morgan fingerprint density at radius 2 is 2.16 bits per heavy atom. The summed E-state index contributed by atoms with van der Waals surface area (Å²) in [6.07, 6.45) is 4.47. The van der Waals surface area contributed by atoms with Gasteiger partial charge in [-0.3, -0.25) is 0 Å². The lowest BCUT2D eigenvalue weighted by Crippen LogP contribution is -2.42. The number of aromatic nitrogens is 4. The SMILES string of the molecule is Cn1cnc2c(NCC3(O)CCOCC3)ncnc21. The largest absolute Gasteiger partial charge is 0.388 e. The van der Waals surface area contributed by atoms with Crippen LogP contribution in [-0.4, -0.2) is 50.0 Å². The molecule has 102 valence electrons. The highest BCUT2D eigenvalue weighted by molar-refractivity contribution is 5.82. The van der Waals surface area contributed by atoms with Crippen molar-refractivity contribution in [3.63, 3.8) is 0 Å². The average Bonchev–Trinajstić information content (AvgIpc) is 2.80. The van der Waals surface area contributed by atoms with Gasteiger partial charge in [-0.2, -0.15) is 0 Å². The third-order valence-corrected chi connectivity index (χ3v) is 3.51. The van der Waals surface area contributed by atoms with Crippen molar-refractivity contribution in [1.82, 2.24) is 19.5 Å². The standard InChI is InChI=1S/C12H17N5O2/c1-17-8-16-9-10(14-7-15-11(9)17)13-6-12(18)2-4-19-5-3-12/h7-8,18H,2-6H2,1H3,(H,13,14,15). The number of hydrogen-bond acceptors (Lipinski definition) is 6. The van der Waals surface area contributed by atoms with Crippen molar-refractivity contribution in [2.24, 2.45) is 7.05 Å². The van der Waals surface area contributed by atoms with Gasteiger partial charge >= 0.3 is 0 Å². The fraction of sp³-hybridized carbons (Fsp3) is 0.583. The molecule has 0 unspecified atom stereocenters. The molecule has 0 aromatic carbocycles. The summed E-state index contributed by atoms with van der Waals surface area (Å²) in [6, 6.07) is 0. The van der Waals surface area contributed by atoms with Crippen molar-refractivity contribution in [3.8, 4) is 0 Å². The molecule has 1 aliphatic rings. The maximum Gasteiger partial charge on any atom is 0.165 e. The monoisotopic (exact) mass is 263 g/mol. The molecule has 0 radical (unpaired) electrons. The van der Waals surface area contributed by atoms with Crippen molar-refractivity contribution in [2.45, 2.75) is 18.4 Å². The van der Waals surface area contributed by atoms with E-state index in [1.807, 2.05) is 11.6 Å². The van der Waals surface area contributed by atoms with E-state index in [1.165, 1.54) is 6.33 Å². The van der Waals surface area contributed by atoms with Gasteiger partial charge in [0.2, 0.25) is 0 Å².